The van der Waals surface area contributed by atoms with Crippen LogP contribution >= 0.6 is 0 Å². The van der Waals surface area contributed by atoms with Gasteiger partial charge in [0.1, 0.15) is 23.0 Å². The van der Waals surface area contributed by atoms with Gasteiger partial charge in [0.25, 0.3) is 0 Å². The second-order valence-electron chi connectivity index (χ2n) is 9.43. The van der Waals surface area contributed by atoms with E-state index in [0.717, 1.165) is 17.5 Å². The predicted molar refractivity (Wildman–Crippen MR) is 136 cm³/mol. The number of hydrogen-bond donors (Lipinski definition) is 4. The molecule has 0 saturated heterocycles. The zero-order valence-electron chi connectivity index (χ0n) is 19.7. The molecule has 0 aliphatic carbocycles. The molecule has 0 aliphatic heterocycles. The Balaban J connectivity index is 1.91. The third-order valence-electron chi connectivity index (χ3n) is 6.47. The van der Waals surface area contributed by atoms with Gasteiger partial charge in [0.15, 0.2) is 0 Å². The van der Waals surface area contributed by atoms with Gasteiger partial charge in [-0.05, 0) is 59.9 Å². The van der Waals surface area contributed by atoms with Crippen LogP contribution in [0, 0.1) is 5.92 Å². The minimum Gasteiger partial charge on any atom is -0.507 e. The highest BCUT2D eigenvalue weighted by Crippen LogP contribution is 2.45. The molecule has 4 aromatic rings. The van der Waals surface area contributed by atoms with Crippen molar-refractivity contribution in [1.29, 1.82) is 0 Å². The van der Waals surface area contributed by atoms with Crippen molar-refractivity contribution in [3.8, 4) is 45.3 Å². The van der Waals surface area contributed by atoms with Gasteiger partial charge in [-0.3, -0.25) is 0 Å². The van der Waals surface area contributed by atoms with E-state index in [1.165, 1.54) is 0 Å². The molecule has 0 spiro atoms. The minimum atomic E-state index is -0.464. The molecule has 0 heterocycles. The van der Waals surface area contributed by atoms with Crippen LogP contribution in [0.3, 0.4) is 0 Å². The summed E-state index contributed by atoms with van der Waals surface area (Å²) in [6, 6.07) is 24.9. The topological polar surface area (TPSA) is 80.9 Å². The molecule has 0 amide bonds. The molecule has 0 saturated carbocycles. The normalized spacial score (nSPS) is 11.6. The van der Waals surface area contributed by atoms with Gasteiger partial charge < -0.3 is 20.4 Å². The zero-order valence-corrected chi connectivity index (χ0v) is 19.7. The third-order valence-corrected chi connectivity index (χ3v) is 6.47. The standard InChI is InChI=1S/C30H30O4/c1-19(2)18-30(3,20-12-14-28(33)24(16-20)22-8-4-6-10-26(22)31)21-13-15-29(34)25(17-21)23-9-5-7-11-27(23)32/h4-17,19,31-34H,18H2,1-3H3. The lowest BCUT2D eigenvalue weighted by molar-refractivity contribution is 0.425. The summed E-state index contributed by atoms with van der Waals surface area (Å²) in [6.45, 7) is 6.47. The van der Waals surface area contributed by atoms with E-state index >= 15 is 0 Å². The molecular formula is C30H30O4. The molecular weight excluding hydrogens is 424 g/mol. The van der Waals surface area contributed by atoms with E-state index in [4.69, 9.17) is 0 Å². The highest BCUT2D eigenvalue weighted by atomic mass is 16.3. The first-order chi connectivity index (χ1) is 16.2. The molecule has 0 unspecified atom stereocenters. The fraction of sp³-hybridized carbons (Fsp3) is 0.200. The monoisotopic (exact) mass is 454 g/mol. The Bertz CT molecular complexity index is 1230. The first kappa shape index (κ1) is 23.2. The van der Waals surface area contributed by atoms with Crippen molar-refractivity contribution in [1.82, 2.24) is 0 Å². The molecule has 4 N–H and O–H groups in total. The largest absolute Gasteiger partial charge is 0.507 e. The SMILES string of the molecule is CC(C)CC(C)(c1ccc(O)c(-c2ccccc2O)c1)c1ccc(O)c(-c2ccccc2O)c1. The lowest BCUT2D eigenvalue weighted by atomic mass is 9.70. The van der Waals surface area contributed by atoms with E-state index in [9.17, 15) is 20.4 Å². The van der Waals surface area contributed by atoms with Crippen molar-refractivity contribution in [2.75, 3.05) is 0 Å². The van der Waals surface area contributed by atoms with Gasteiger partial charge in [-0.1, -0.05) is 69.3 Å². The van der Waals surface area contributed by atoms with Crippen LogP contribution < -0.4 is 0 Å². The Kier molecular flexibility index (Phi) is 6.25. The molecule has 4 nitrogen and oxygen atoms in total. The molecule has 4 heteroatoms. The molecule has 4 rings (SSSR count). The van der Waals surface area contributed by atoms with E-state index in [-0.39, 0.29) is 23.0 Å². The average Bonchev–Trinajstić information content (AvgIpc) is 2.80. The highest BCUT2D eigenvalue weighted by Gasteiger charge is 2.32. The van der Waals surface area contributed by atoms with E-state index in [0.29, 0.717) is 28.2 Å². The van der Waals surface area contributed by atoms with Gasteiger partial charge in [0.2, 0.25) is 0 Å². The lowest BCUT2D eigenvalue weighted by Crippen LogP contribution is -2.26. The quantitative estimate of drug-likeness (QED) is 0.248. The molecule has 0 aliphatic rings. The van der Waals surface area contributed by atoms with Crippen molar-refractivity contribution in [3.63, 3.8) is 0 Å². The lowest BCUT2D eigenvalue weighted by Gasteiger charge is -2.34. The number of para-hydroxylation sites is 2. The van der Waals surface area contributed by atoms with E-state index in [1.807, 2.05) is 36.4 Å². The van der Waals surface area contributed by atoms with Crippen LogP contribution in [0.1, 0.15) is 38.3 Å². The fourth-order valence-electron chi connectivity index (χ4n) is 4.81. The van der Waals surface area contributed by atoms with Crippen LogP contribution in [0.5, 0.6) is 23.0 Å². The summed E-state index contributed by atoms with van der Waals surface area (Å²) in [7, 11) is 0. The second kappa shape index (κ2) is 9.14. The van der Waals surface area contributed by atoms with Crippen LogP contribution in [0.25, 0.3) is 22.3 Å². The molecule has 0 radical (unpaired) electrons. The van der Waals surface area contributed by atoms with Crippen molar-refractivity contribution in [2.45, 2.75) is 32.6 Å². The van der Waals surface area contributed by atoms with Gasteiger partial charge >= 0.3 is 0 Å². The average molecular weight is 455 g/mol. The summed E-state index contributed by atoms with van der Waals surface area (Å²) < 4.78 is 0. The summed E-state index contributed by atoms with van der Waals surface area (Å²) in [6.07, 6.45) is 0.809. The van der Waals surface area contributed by atoms with Crippen LogP contribution in [-0.2, 0) is 5.41 Å². The van der Waals surface area contributed by atoms with E-state index in [2.05, 4.69) is 20.8 Å². The summed E-state index contributed by atoms with van der Waals surface area (Å²) in [4.78, 5) is 0. The number of aromatic hydroxyl groups is 4. The summed E-state index contributed by atoms with van der Waals surface area (Å²) in [5, 5.41) is 42.0. The minimum absolute atomic E-state index is 0.0951. The van der Waals surface area contributed by atoms with Crippen LogP contribution in [-0.4, -0.2) is 20.4 Å². The van der Waals surface area contributed by atoms with Gasteiger partial charge in [-0.25, -0.2) is 0 Å². The summed E-state index contributed by atoms with van der Waals surface area (Å²) in [5.74, 6) is 0.754. The Labute approximate surface area is 200 Å². The maximum absolute atomic E-state index is 10.6. The molecule has 0 aromatic heterocycles. The third kappa shape index (κ3) is 4.32. The summed E-state index contributed by atoms with van der Waals surface area (Å²) >= 11 is 0. The predicted octanol–water partition coefficient (Wildman–Crippen LogP) is 7.20. The molecule has 0 atom stereocenters. The number of phenolic OH excluding ortho intramolecular Hbond substituents is 4. The number of phenols is 4. The first-order valence-electron chi connectivity index (χ1n) is 11.4. The van der Waals surface area contributed by atoms with Crippen molar-refractivity contribution < 1.29 is 20.4 Å². The maximum atomic E-state index is 10.6. The molecule has 0 fully saturated rings. The molecule has 174 valence electrons. The zero-order chi connectivity index (χ0) is 24.5. The van der Waals surface area contributed by atoms with Gasteiger partial charge in [-0.15, -0.1) is 0 Å². The van der Waals surface area contributed by atoms with Crippen molar-refractivity contribution in [2.24, 2.45) is 5.92 Å². The van der Waals surface area contributed by atoms with Crippen LogP contribution in [0.2, 0.25) is 0 Å². The van der Waals surface area contributed by atoms with Crippen molar-refractivity contribution in [3.05, 3.63) is 96.1 Å². The Morgan fingerprint density at radius 3 is 1.32 bits per heavy atom. The van der Waals surface area contributed by atoms with E-state index in [1.54, 1.807) is 48.5 Å². The van der Waals surface area contributed by atoms with Gasteiger partial charge in [0, 0.05) is 27.7 Å². The van der Waals surface area contributed by atoms with Gasteiger partial charge in [0.05, 0.1) is 0 Å². The van der Waals surface area contributed by atoms with E-state index < -0.39 is 5.41 Å². The van der Waals surface area contributed by atoms with Crippen LogP contribution in [0.15, 0.2) is 84.9 Å². The molecule has 4 aromatic carbocycles. The first-order valence-corrected chi connectivity index (χ1v) is 11.4. The number of benzene rings is 4. The Hall–Kier alpha value is -3.92. The second-order valence-corrected chi connectivity index (χ2v) is 9.43. The molecule has 34 heavy (non-hydrogen) atoms. The number of rotatable bonds is 6. The number of hydrogen-bond acceptors (Lipinski definition) is 4. The van der Waals surface area contributed by atoms with Gasteiger partial charge in [-0.2, -0.15) is 0 Å². The fourth-order valence-corrected chi connectivity index (χ4v) is 4.81. The highest BCUT2D eigenvalue weighted by molar-refractivity contribution is 5.78. The Morgan fingerprint density at radius 1 is 0.559 bits per heavy atom. The summed E-state index contributed by atoms with van der Waals surface area (Å²) in [5.41, 5.74) is 3.74. The van der Waals surface area contributed by atoms with Crippen LogP contribution in [0.4, 0.5) is 0 Å². The molecule has 0 bridgehead atoms. The van der Waals surface area contributed by atoms with Crippen molar-refractivity contribution >= 4 is 0 Å². The Morgan fingerprint density at radius 2 is 0.941 bits per heavy atom. The maximum Gasteiger partial charge on any atom is 0.123 e. The smallest absolute Gasteiger partial charge is 0.123 e.